The van der Waals surface area contributed by atoms with E-state index < -0.39 is 0 Å². The fourth-order valence-electron chi connectivity index (χ4n) is 4.13. The van der Waals surface area contributed by atoms with Gasteiger partial charge in [-0.3, -0.25) is 0 Å². The topological polar surface area (TPSA) is 24.9 Å². The molecule has 0 spiro atoms. The number of methoxy groups -OCH3 is 2. The summed E-state index contributed by atoms with van der Waals surface area (Å²) in [5.74, 6) is 2.61. The van der Waals surface area contributed by atoms with Crippen LogP contribution in [0.3, 0.4) is 0 Å². The van der Waals surface area contributed by atoms with E-state index in [0.717, 1.165) is 43.5 Å². The standard InChI is InChI=1S/C24H34N2O2/c1-25(17-21-8-12-24(28-3)13-9-21)18-22-5-4-15-26(19-22)16-14-20-6-10-23(27-2)11-7-20/h6-13,22H,4-5,14-19H2,1-3H3/t22-/m1/s1. The van der Waals surface area contributed by atoms with Crippen LogP contribution in [0.2, 0.25) is 0 Å². The van der Waals surface area contributed by atoms with Gasteiger partial charge in [-0.05, 0) is 74.2 Å². The van der Waals surface area contributed by atoms with Crippen LogP contribution in [0, 0.1) is 5.92 Å². The molecule has 0 N–H and O–H groups in total. The number of piperidine rings is 1. The Labute approximate surface area is 170 Å². The molecule has 4 nitrogen and oxygen atoms in total. The summed E-state index contributed by atoms with van der Waals surface area (Å²) in [5.41, 5.74) is 2.73. The minimum Gasteiger partial charge on any atom is -0.497 e. The molecule has 0 bridgehead atoms. The molecule has 28 heavy (non-hydrogen) atoms. The zero-order valence-electron chi connectivity index (χ0n) is 17.6. The summed E-state index contributed by atoms with van der Waals surface area (Å²) in [6.45, 7) is 5.74. The van der Waals surface area contributed by atoms with Crippen molar-refractivity contribution in [1.82, 2.24) is 9.80 Å². The predicted octanol–water partition coefficient (Wildman–Crippen LogP) is 4.09. The highest BCUT2D eigenvalue weighted by Gasteiger charge is 2.21. The maximum absolute atomic E-state index is 5.25. The van der Waals surface area contributed by atoms with Crippen LogP contribution in [0.4, 0.5) is 0 Å². The molecule has 1 saturated heterocycles. The maximum atomic E-state index is 5.25. The summed E-state index contributed by atoms with van der Waals surface area (Å²) in [4.78, 5) is 5.10. The Morgan fingerprint density at radius 1 is 0.929 bits per heavy atom. The first-order valence-corrected chi connectivity index (χ1v) is 10.3. The van der Waals surface area contributed by atoms with Crippen LogP contribution in [-0.4, -0.2) is 57.2 Å². The van der Waals surface area contributed by atoms with Gasteiger partial charge in [0, 0.05) is 26.2 Å². The number of nitrogens with zero attached hydrogens (tertiary/aromatic N) is 2. The Morgan fingerprint density at radius 2 is 1.54 bits per heavy atom. The van der Waals surface area contributed by atoms with E-state index >= 15 is 0 Å². The third-order valence-corrected chi connectivity index (χ3v) is 5.66. The van der Waals surface area contributed by atoms with Crippen molar-refractivity contribution >= 4 is 0 Å². The molecular formula is C24H34N2O2. The molecule has 0 aromatic heterocycles. The van der Waals surface area contributed by atoms with Gasteiger partial charge in [0.05, 0.1) is 14.2 Å². The first-order chi connectivity index (χ1) is 13.7. The van der Waals surface area contributed by atoms with Crippen molar-refractivity contribution in [3.8, 4) is 11.5 Å². The van der Waals surface area contributed by atoms with Crippen LogP contribution in [0.15, 0.2) is 48.5 Å². The second kappa shape index (κ2) is 10.5. The number of hydrogen-bond donors (Lipinski definition) is 0. The van der Waals surface area contributed by atoms with Crippen molar-refractivity contribution in [2.75, 3.05) is 47.4 Å². The molecule has 1 fully saturated rings. The zero-order chi connectivity index (χ0) is 19.8. The smallest absolute Gasteiger partial charge is 0.118 e. The van der Waals surface area contributed by atoms with Crippen LogP contribution in [-0.2, 0) is 13.0 Å². The lowest BCUT2D eigenvalue weighted by Crippen LogP contribution is -2.40. The summed E-state index contributed by atoms with van der Waals surface area (Å²) in [5, 5.41) is 0. The van der Waals surface area contributed by atoms with Gasteiger partial charge in [0.2, 0.25) is 0 Å². The summed E-state index contributed by atoms with van der Waals surface area (Å²) < 4.78 is 10.5. The molecule has 2 aromatic rings. The molecule has 152 valence electrons. The fourth-order valence-corrected chi connectivity index (χ4v) is 4.13. The quantitative estimate of drug-likeness (QED) is 0.652. The highest BCUT2D eigenvalue weighted by Crippen LogP contribution is 2.20. The van der Waals surface area contributed by atoms with E-state index in [0.29, 0.717) is 0 Å². The lowest BCUT2D eigenvalue weighted by molar-refractivity contribution is 0.142. The SMILES string of the molecule is COc1ccc(CCN2CCC[C@H](CN(C)Cc3ccc(OC)cc3)C2)cc1. The lowest BCUT2D eigenvalue weighted by atomic mass is 9.97. The van der Waals surface area contributed by atoms with Gasteiger partial charge in [-0.25, -0.2) is 0 Å². The lowest BCUT2D eigenvalue weighted by Gasteiger charge is -2.34. The molecule has 3 rings (SSSR count). The number of ether oxygens (including phenoxy) is 2. The Hall–Kier alpha value is -2.04. The summed E-state index contributed by atoms with van der Waals surface area (Å²) >= 11 is 0. The number of rotatable bonds is 9. The van der Waals surface area contributed by atoms with Crippen LogP contribution in [0.25, 0.3) is 0 Å². The number of benzene rings is 2. The van der Waals surface area contributed by atoms with E-state index in [1.165, 1.54) is 37.1 Å². The first-order valence-electron chi connectivity index (χ1n) is 10.3. The molecule has 0 radical (unpaired) electrons. The van der Waals surface area contributed by atoms with Crippen LogP contribution >= 0.6 is 0 Å². The van der Waals surface area contributed by atoms with Gasteiger partial charge < -0.3 is 19.3 Å². The summed E-state index contributed by atoms with van der Waals surface area (Å²) in [6, 6.07) is 16.9. The van der Waals surface area contributed by atoms with Crippen molar-refractivity contribution in [3.63, 3.8) is 0 Å². The average molecular weight is 383 g/mol. The summed E-state index contributed by atoms with van der Waals surface area (Å²) in [6.07, 6.45) is 3.76. The number of hydrogen-bond acceptors (Lipinski definition) is 4. The van der Waals surface area contributed by atoms with Crippen molar-refractivity contribution < 1.29 is 9.47 Å². The van der Waals surface area contributed by atoms with Gasteiger partial charge in [-0.15, -0.1) is 0 Å². The van der Waals surface area contributed by atoms with Gasteiger partial charge in [0.15, 0.2) is 0 Å². The normalized spacial score (nSPS) is 17.6. The van der Waals surface area contributed by atoms with E-state index in [4.69, 9.17) is 9.47 Å². The Bertz CT molecular complexity index is 700. The monoisotopic (exact) mass is 382 g/mol. The van der Waals surface area contributed by atoms with E-state index in [-0.39, 0.29) is 0 Å². The van der Waals surface area contributed by atoms with Crippen molar-refractivity contribution in [3.05, 3.63) is 59.7 Å². The molecule has 1 aliphatic heterocycles. The highest BCUT2D eigenvalue weighted by atomic mass is 16.5. The largest absolute Gasteiger partial charge is 0.497 e. The van der Waals surface area contributed by atoms with Gasteiger partial charge in [0.25, 0.3) is 0 Å². The summed E-state index contributed by atoms with van der Waals surface area (Å²) in [7, 11) is 5.67. The second-order valence-corrected chi connectivity index (χ2v) is 7.95. The molecule has 0 saturated carbocycles. The Balaban J connectivity index is 1.43. The Morgan fingerprint density at radius 3 is 2.14 bits per heavy atom. The second-order valence-electron chi connectivity index (χ2n) is 7.95. The number of likely N-dealkylation sites (tertiary alicyclic amines) is 1. The van der Waals surface area contributed by atoms with Gasteiger partial charge in [-0.1, -0.05) is 24.3 Å². The molecule has 0 aliphatic carbocycles. The van der Waals surface area contributed by atoms with Crippen LogP contribution in [0.1, 0.15) is 24.0 Å². The molecular weight excluding hydrogens is 348 g/mol. The van der Waals surface area contributed by atoms with Crippen LogP contribution in [0.5, 0.6) is 11.5 Å². The highest BCUT2D eigenvalue weighted by molar-refractivity contribution is 5.28. The molecule has 1 heterocycles. The van der Waals surface area contributed by atoms with Gasteiger partial charge in [0.1, 0.15) is 11.5 Å². The van der Waals surface area contributed by atoms with E-state index in [1.54, 1.807) is 14.2 Å². The van der Waals surface area contributed by atoms with E-state index in [2.05, 4.69) is 53.2 Å². The molecule has 2 aromatic carbocycles. The third kappa shape index (κ3) is 6.25. The molecule has 0 unspecified atom stereocenters. The van der Waals surface area contributed by atoms with E-state index in [9.17, 15) is 0 Å². The van der Waals surface area contributed by atoms with Gasteiger partial charge in [-0.2, -0.15) is 0 Å². The molecule has 0 amide bonds. The van der Waals surface area contributed by atoms with E-state index in [1.807, 2.05) is 12.1 Å². The fraction of sp³-hybridized carbons (Fsp3) is 0.500. The van der Waals surface area contributed by atoms with Crippen molar-refractivity contribution in [2.45, 2.75) is 25.8 Å². The zero-order valence-corrected chi connectivity index (χ0v) is 17.6. The molecule has 1 aliphatic rings. The minimum atomic E-state index is 0.757. The third-order valence-electron chi connectivity index (χ3n) is 5.66. The maximum Gasteiger partial charge on any atom is 0.118 e. The Kier molecular flexibility index (Phi) is 7.75. The van der Waals surface area contributed by atoms with Gasteiger partial charge >= 0.3 is 0 Å². The first kappa shape index (κ1) is 20.7. The van der Waals surface area contributed by atoms with Crippen molar-refractivity contribution in [1.29, 1.82) is 0 Å². The molecule has 4 heteroatoms. The predicted molar refractivity (Wildman–Crippen MR) is 115 cm³/mol. The average Bonchev–Trinajstić information content (AvgIpc) is 2.73. The van der Waals surface area contributed by atoms with Crippen LogP contribution < -0.4 is 9.47 Å². The minimum absolute atomic E-state index is 0.757. The van der Waals surface area contributed by atoms with Crippen molar-refractivity contribution in [2.24, 2.45) is 5.92 Å². The molecule has 1 atom stereocenters.